The van der Waals surface area contributed by atoms with Crippen molar-refractivity contribution in [3.63, 3.8) is 0 Å². The fourth-order valence-electron chi connectivity index (χ4n) is 9.43. The van der Waals surface area contributed by atoms with E-state index in [2.05, 4.69) is 107 Å². The number of aromatic amines is 1. The molecule has 1 amide bonds. The van der Waals surface area contributed by atoms with E-state index in [0.29, 0.717) is 17.6 Å². The highest BCUT2D eigenvalue weighted by atomic mass is 35.5. The number of halogens is 1. The maximum Gasteiger partial charge on any atom is 0.466 e. The van der Waals surface area contributed by atoms with Crippen LogP contribution in [0.5, 0.6) is 17.2 Å². The van der Waals surface area contributed by atoms with E-state index in [0.717, 1.165) is 48.6 Å². The number of likely N-dealkylation sites (N-methyl/N-ethyl adjacent to an activating group) is 2. The number of imidazole rings is 1. The van der Waals surface area contributed by atoms with Crippen LogP contribution in [0.15, 0.2) is 119 Å². The number of phenols is 1. The summed E-state index contributed by atoms with van der Waals surface area (Å²) in [6.07, 6.45) is 5.55. The molecule has 7 N–H and O–H groups in total. The highest BCUT2D eigenvalue weighted by Gasteiger charge is 2.64. The number of aliphatic hydroxyl groups excluding tert-OH is 1. The number of fused-ring (bicyclic) bond motifs is 1. The second-order valence-corrected chi connectivity index (χ2v) is 19.0. The smallest absolute Gasteiger partial charge is 0.466 e. The second kappa shape index (κ2) is 23.4. The van der Waals surface area contributed by atoms with E-state index in [1.807, 2.05) is 24.3 Å². The van der Waals surface area contributed by atoms with E-state index in [1.165, 1.54) is 60.0 Å². The number of benzene rings is 4. The van der Waals surface area contributed by atoms with Crippen LogP contribution < -0.4 is 26.0 Å². The first-order chi connectivity index (χ1) is 33.6. The van der Waals surface area contributed by atoms with Crippen LogP contribution in [-0.4, -0.2) is 126 Å². The Morgan fingerprint density at radius 1 is 0.958 bits per heavy atom. The summed E-state index contributed by atoms with van der Waals surface area (Å²) in [7, 11) is 6.32. The number of ether oxygens (including phenoxy) is 3. The normalized spacial score (nSPS) is 20.1. The number of carbonyl (C=O) groups is 1. The lowest BCUT2D eigenvalue weighted by atomic mass is 9.53. The minimum atomic E-state index is -4.64. The van der Waals surface area contributed by atoms with Crippen molar-refractivity contribution in [3.05, 3.63) is 158 Å². The standard InChI is InChI=1S/C18H21NO3.C17H21NO.C8H9NO2.C7H7ClN4O2.H3O4P/c1-19-8-7-18-11-4-5-13(20)17(18)22-16-14(21-2)6-3-10(15(16)18)9-12(11)19;1-18(2)13-14-19-17(15-9-5-3-6-10-15)16-11-7-4-8-12-16;1-6(10)9-7-2-4-8(11)5-3-7;1-11-4-3(9-6(8)10-4)5(13)12(2)7(11)14;1-5(2,3)4/h3-6,11-13,17,20H,7-9H2,1-2H3;3-12,17H,13-14H2,1-2H3;2-5,11H,1H3,(H,9,10);1-2H3,(H,9,10);(H3,1,2,3,4)/t11-,12+,13-,17-,18-;;;;/m0..../s1. The molecule has 2 aliphatic heterocycles. The van der Waals surface area contributed by atoms with Gasteiger partial charge in [-0.25, -0.2) is 9.36 Å². The molecule has 19 nitrogen and oxygen atoms in total. The maximum absolute atomic E-state index is 11.5. The zero-order valence-corrected chi connectivity index (χ0v) is 42.1. The van der Waals surface area contributed by atoms with Gasteiger partial charge in [-0.2, -0.15) is 4.98 Å². The number of nitrogens with zero attached hydrogens (tertiary/aromatic N) is 5. The van der Waals surface area contributed by atoms with Gasteiger partial charge in [0.05, 0.1) is 13.7 Å². The Kier molecular flexibility index (Phi) is 17.9. The molecule has 5 atom stereocenters. The molecule has 2 aliphatic carbocycles. The van der Waals surface area contributed by atoms with Gasteiger partial charge in [0.2, 0.25) is 11.2 Å². The Morgan fingerprint density at radius 2 is 1.56 bits per heavy atom. The number of phenolic OH excluding ortho intramolecular Hbond substituents is 1. The average molecular weight is 1020 g/mol. The van der Waals surface area contributed by atoms with Gasteiger partial charge >= 0.3 is 13.5 Å². The highest BCUT2D eigenvalue weighted by Crippen LogP contribution is 2.62. The number of amides is 1. The fourth-order valence-corrected chi connectivity index (χ4v) is 9.60. The van der Waals surface area contributed by atoms with E-state index < -0.39 is 25.2 Å². The molecule has 4 heterocycles. The quantitative estimate of drug-likeness (QED) is 0.0464. The number of phosphoric acid groups is 1. The van der Waals surface area contributed by atoms with Gasteiger partial charge in [-0.15, -0.1) is 0 Å². The molecule has 10 rings (SSSR count). The van der Waals surface area contributed by atoms with Crippen molar-refractivity contribution in [2.75, 3.05) is 53.3 Å². The van der Waals surface area contributed by atoms with Gasteiger partial charge in [-0.3, -0.25) is 18.7 Å². The number of aromatic nitrogens is 4. The number of piperidine rings is 1. The lowest BCUT2D eigenvalue weighted by Gasteiger charge is -2.56. The lowest BCUT2D eigenvalue weighted by molar-refractivity contribution is -0.114. The Hall–Kier alpha value is -6.12. The number of nitrogens with one attached hydrogen (secondary N) is 2. The van der Waals surface area contributed by atoms with Crippen LogP contribution in [0, 0.1) is 5.92 Å². The number of aliphatic hydroxyl groups is 1. The van der Waals surface area contributed by atoms with Crippen molar-refractivity contribution in [2.24, 2.45) is 20.0 Å². The summed E-state index contributed by atoms with van der Waals surface area (Å²) in [6.45, 7) is 4.14. The molecule has 0 saturated carbocycles. The minimum absolute atomic E-state index is 0.0161. The lowest BCUT2D eigenvalue weighted by Crippen LogP contribution is -2.64. The number of H-pyrrole nitrogens is 1. The summed E-state index contributed by atoms with van der Waals surface area (Å²) in [5.41, 5.74) is 5.34. The van der Waals surface area contributed by atoms with Crippen molar-refractivity contribution in [1.29, 1.82) is 0 Å². The molecule has 4 aliphatic rings. The van der Waals surface area contributed by atoms with Gasteiger partial charge in [0.15, 0.2) is 22.7 Å². The molecule has 2 bridgehead atoms. The summed E-state index contributed by atoms with van der Waals surface area (Å²) >= 11 is 5.60. The van der Waals surface area contributed by atoms with Crippen molar-refractivity contribution in [1.82, 2.24) is 28.9 Å². The van der Waals surface area contributed by atoms with Crippen LogP contribution in [0.1, 0.15) is 41.7 Å². The Labute approximate surface area is 415 Å². The molecule has 380 valence electrons. The van der Waals surface area contributed by atoms with Crippen molar-refractivity contribution < 1.29 is 48.5 Å². The molecular formula is C50H61ClN7O12P. The van der Waals surface area contributed by atoms with E-state index in [4.69, 9.17) is 50.2 Å². The molecule has 1 fully saturated rings. The Morgan fingerprint density at radius 3 is 2.13 bits per heavy atom. The summed E-state index contributed by atoms with van der Waals surface area (Å²) in [4.78, 5) is 66.1. The van der Waals surface area contributed by atoms with Crippen LogP contribution in [-0.2, 0) is 40.0 Å². The first kappa shape index (κ1) is 54.2. The van der Waals surface area contributed by atoms with Crippen LogP contribution in [0.4, 0.5) is 5.69 Å². The van der Waals surface area contributed by atoms with Crippen molar-refractivity contribution in [3.8, 4) is 17.2 Å². The summed E-state index contributed by atoms with van der Waals surface area (Å²) < 4.78 is 29.1. The average Bonchev–Trinajstić information content (AvgIpc) is 3.91. The number of methoxy groups -OCH3 is 1. The van der Waals surface area contributed by atoms with E-state index >= 15 is 0 Å². The molecule has 0 unspecified atom stereocenters. The fraction of sp³-hybridized carbons (Fsp3) is 0.360. The van der Waals surface area contributed by atoms with E-state index in [-0.39, 0.29) is 45.7 Å². The molecular weight excluding hydrogens is 957 g/mol. The topological polar surface area (TPSA) is 254 Å². The summed E-state index contributed by atoms with van der Waals surface area (Å²) in [6, 6.07) is 31.8. The first-order valence-electron chi connectivity index (χ1n) is 22.6. The number of carbonyl (C=O) groups excluding carboxylic acids is 1. The molecule has 0 radical (unpaired) electrons. The minimum Gasteiger partial charge on any atom is -0.508 e. The van der Waals surface area contributed by atoms with Crippen LogP contribution >= 0.6 is 19.4 Å². The Balaban J connectivity index is 0.000000154. The number of rotatable bonds is 8. The monoisotopic (exact) mass is 1020 g/mol. The van der Waals surface area contributed by atoms with Gasteiger partial charge < -0.3 is 59.2 Å². The van der Waals surface area contributed by atoms with Crippen LogP contribution in [0.25, 0.3) is 11.2 Å². The van der Waals surface area contributed by atoms with Crippen LogP contribution in [0.2, 0.25) is 5.28 Å². The molecule has 1 spiro atoms. The molecule has 2 aromatic heterocycles. The zero-order valence-electron chi connectivity index (χ0n) is 40.5. The van der Waals surface area contributed by atoms with Crippen molar-refractivity contribution >= 4 is 42.2 Å². The zero-order chi connectivity index (χ0) is 51.8. The number of anilines is 1. The second-order valence-electron chi connectivity index (χ2n) is 17.7. The van der Waals surface area contributed by atoms with Gasteiger partial charge in [-0.1, -0.05) is 78.9 Å². The summed E-state index contributed by atoms with van der Waals surface area (Å²) in [5, 5.41) is 22.1. The van der Waals surface area contributed by atoms with Gasteiger partial charge in [0.25, 0.3) is 5.56 Å². The number of aryl methyl sites for hydroxylation is 1. The van der Waals surface area contributed by atoms with Crippen LogP contribution in [0.3, 0.4) is 0 Å². The van der Waals surface area contributed by atoms with E-state index in [1.54, 1.807) is 19.2 Å². The Bertz CT molecular complexity index is 2920. The predicted octanol–water partition coefficient (Wildman–Crippen LogP) is 4.89. The SMILES string of the molecule is CC(=O)Nc1ccc(O)cc1.CN(C)CCOC(c1ccccc1)c1ccccc1.COc1ccc2c3c1O[C@H]1[C@@H](O)C=C[C@H]4[C@@H](C2)N(C)CC[C@@]341.Cn1c(=O)c2[nH]c(Cl)nc2n(C)c1=O.O=P(O)(O)O. The molecule has 4 aromatic carbocycles. The van der Waals surface area contributed by atoms with Gasteiger partial charge in [-0.05, 0) is 99.2 Å². The third kappa shape index (κ3) is 12.9. The number of hydrogen-bond acceptors (Lipinski definition) is 12. The number of hydrogen-bond donors (Lipinski definition) is 7. The first-order valence-corrected chi connectivity index (χ1v) is 24.5. The highest BCUT2D eigenvalue weighted by molar-refractivity contribution is 7.45. The third-order valence-electron chi connectivity index (χ3n) is 12.6. The van der Waals surface area contributed by atoms with Gasteiger partial charge in [0, 0.05) is 56.2 Å². The predicted molar refractivity (Wildman–Crippen MR) is 270 cm³/mol. The summed E-state index contributed by atoms with van der Waals surface area (Å²) in [5.74, 6) is 2.17. The number of aromatic hydroxyl groups is 1. The number of likely N-dealkylation sites (tertiary alicyclic amines) is 1. The maximum atomic E-state index is 11.5. The van der Waals surface area contributed by atoms with E-state index in [9.17, 15) is 19.5 Å². The largest absolute Gasteiger partial charge is 0.508 e. The molecule has 21 heteroatoms. The molecule has 71 heavy (non-hydrogen) atoms. The van der Waals surface area contributed by atoms with Gasteiger partial charge in [0.1, 0.15) is 24.1 Å². The third-order valence-corrected chi connectivity index (χ3v) is 12.8. The molecule has 1 saturated heterocycles. The van der Waals surface area contributed by atoms with Crippen molar-refractivity contribution in [2.45, 2.75) is 49.5 Å². The molecule has 6 aromatic rings.